The second-order valence-electron chi connectivity index (χ2n) is 6.89. The van der Waals surface area contributed by atoms with Crippen molar-refractivity contribution < 1.29 is 22.1 Å². The van der Waals surface area contributed by atoms with Crippen LogP contribution in [0.15, 0.2) is 70.2 Å². The topological polar surface area (TPSA) is 94.2 Å². The highest BCUT2D eigenvalue weighted by atomic mass is 32.2. The van der Waals surface area contributed by atoms with Crippen molar-refractivity contribution in [3.05, 3.63) is 77.9 Å². The Kier molecular flexibility index (Phi) is 5.13. The van der Waals surface area contributed by atoms with Crippen LogP contribution in [0.2, 0.25) is 0 Å². The van der Waals surface area contributed by atoms with Gasteiger partial charge in [-0.15, -0.1) is 0 Å². The van der Waals surface area contributed by atoms with Crippen LogP contribution in [-0.4, -0.2) is 24.0 Å². The Bertz CT molecular complexity index is 1320. The van der Waals surface area contributed by atoms with Crippen LogP contribution >= 0.6 is 0 Å². The molecule has 0 unspecified atom stereocenters. The zero-order valence-corrected chi connectivity index (χ0v) is 16.8. The van der Waals surface area contributed by atoms with E-state index in [4.69, 9.17) is 4.52 Å². The van der Waals surface area contributed by atoms with Gasteiger partial charge in [0.25, 0.3) is 0 Å². The first-order chi connectivity index (χ1) is 14.3. The smallest absolute Gasteiger partial charge is 0.245 e. The number of halogens is 1. The molecule has 2 heterocycles. The second kappa shape index (κ2) is 7.75. The van der Waals surface area contributed by atoms with Crippen LogP contribution in [0, 0.1) is 12.7 Å². The van der Waals surface area contributed by atoms with Crippen LogP contribution in [-0.2, 0) is 26.9 Å². The Labute approximate surface area is 172 Å². The molecule has 7 nitrogen and oxygen atoms in total. The third-order valence-electron chi connectivity index (χ3n) is 4.57. The molecule has 154 valence electrons. The van der Waals surface area contributed by atoms with Gasteiger partial charge in [0.15, 0.2) is 15.7 Å². The Hall–Kier alpha value is -3.46. The number of para-hydroxylation sites is 1. The first kappa shape index (κ1) is 19.8. The summed E-state index contributed by atoms with van der Waals surface area (Å²) < 4.78 is 45.8. The quantitative estimate of drug-likeness (QED) is 0.506. The minimum atomic E-state index is -3.73. The van der Waals surface area contributed by atoms with Gasteiger partial charge in [-0.2, -0.15) is 0 Å². The van der Waals surface area contributed by atoms with Gasteiger partial charge in [-0.1, -0.05) is 35.5 Å². The fourth-order valence-corrected chi connectivity index (χ4v) is 4.81. The molecule has 0 spiro atoms. The van der Waals surface area contributed by atoms with Crippen LogP contribution in [0.4, 0.5) is 10.2 Å². The van der Waals surface area contributed by atoms with Gasteiger partial charge in [0.1, 0.15) is 18.1 Å². The summed E-state index contributed by atoms with van der Waals surface area (Å²) in [6.45, 7) is 1.61. The van der Waals surface area contributed by atoms with Gasteiger partial charge in [0, 0.05) is 23.2 Å². The number of carbonyl (C=O) groups is 1. The van der Waals surface area contributed by atoms with Gasteiger partial charge in [-0.05, 0) is 30.7 Å². The normalized spacial score (nSPS) is 11.7. The van der Waals surface area contributed by atoms with Crippen LogP contribution in [0.3, 0.4) is 0 Å². The molecular formula is C21H18FN3O4S. The molecule has 0 fully saturated rings. The number of nitrogens with zero attached hydrogens (tertiary/aromatic N) is 2. The van der Waals surface area contributed by atoms with Gasteiger partial charge in [-0.3, -0.25) is 4.79 Å². The number of rotatable bonds is 6. The molecule has 1 amide bonds. The molecule has 2 aromatic heterocycles. The van der Waals surface area contributed by atoms with Crippen LogP contribution in [0.25, 0.3) is 10.9 Å². The summed E-state index contributed by atoms with van der Waals surface area (Å²) in [6, 6.07) is 13.9. The zero-order chi connectivity index (χ0) is 21.3. The Balaban J connectivity index is 1.64. The van der Waals surface area contributed by atoms with E-state index in [-0.39, 0.29) is 28.9 Å². The van der Waals surface area contributed by atoms with Crippen LogP contribution in [0.5, 0.6) is 0 Å². The summed E-state index contributed by atoms with van der Waals surface area (Å²) in [5.41, 5.74) is 1.09. The Morgan fingerprint density at radius 1 is 1.17 bits per heavy atom. The number of nitrogens with one attached hydrogen (secondary N) is 1. The summed E-state index contributed by atoms with van der Waals surface area (Å²) in [5, 5.41) is 6.86. The zero-order valence-electron chi connectivity index (χ0n) is 16.0. The molecule has 1 N–H and O–H groups in total. The number of fused-ring (bicyclic) bond motifs is 1. The van der Waals surface area contributed by atoms with Crippen LogP contribution in [0.1, 0.15) is 11.3 Å². The van der Waals surface area contributed by atoms with E-state index >= 15 is 0 Å². The average molecular weight is 427 g/mol. The number of hydrogen-bond donors (Lipinski definition) is 1. The highest BCUT2D eigenvalue weighted by molar-refractivity contribution is 7.90. The van der Waals surface area contributed by atoms with Crippen molar-refractivity contribution in [1.29, 1.82) is 0 Å². The molecule has 4 aromatic rings. The molecule has 0 aliphatic heterocycles. The van der Waals surface area contributed by atoms with Gasteiger partial charge in [-0.25, -0.2) is 12.8 Å². The highest BCUT2D eigenvalue weighted by Gasteiger charge is 2.22. The first-order valence-electron chi connectivity index (χ1n) is 9.10. The molecular weight excluding hydrogens is 409 g/mol. The predicted octanol–water partition coefficient (Wildman–Crippen LogP) is 3.69. The molecule has 30 heavy (non-hydrogen) atoms. The van der Waals surface area contributed by atoms with E-state index in [2.05, 4.69) is 10.5 Å². The van der Waals surface area contributed by atoms with Crippen molar-refractivity contribution >= 4 is 32.5 Å². The lowest BCUT2D eigenvalue weighted by molar-refractivity contribution is -0.116. The van der Waals surface area contributed by atoms with Gasteiger partial charge in [0.05, 0.1) is 10.6 Å². The Morgan fingerprint density at radius 2 is 1.90 bits per heavy atom. The number of aryl methyl sites for hydroxylation is 1. The molecule has 2 aromatic carbocycles. The van der Waals surface area contributed by atoms with Gasteiger partial charge < -0.3 is 14.4 Å². The fraction of sp³-hybridized carbons (Fsp3) is 0.143. The summed E-state index contributed by atoms with van der Waals surface area (Å²) >= 11 is 0. The minimum absolute atomic E-state index is 0.0987. The maximum absolute atomic E-state index is 13.1. The molecule has 0 aliphatic carbocycles. The third-order valence-corrected chi connectivity index (χ3v) is 6.28. The summed E-state index contributed by atoms with van der Waals surface area (Å²) in [4.78, 5) is 12.5. The van der Waals surface area contributed by atoms with Crippen molar-refractivity contribution in [2.24, 2.45) is 0 Å². The van der Waals surface area contributed by atoms with Crippen molar-refractivity contribution in [3.8, 4) is 0 Å². The molecule has 0 bridgehead atoms. The fourth-order valence-electron chi connectivity index (χ4n) is 3.23. The van der Waals surface area contributed by atoms with E-state index in [0.717, 1.165) is 0 Å². The lowest BCUT2D eigenvalue weighted by atomic mass is 10.2. The number of anilines is 1. The van der Waals surface area contributed by atoms with E-state index in [1.165, 1.54) is 30.5 Å². The van der Waals surface area contributed by atoms with Crippen molar-refractivity contribution in [2.45, 2.75) is 24.1 Å². The average Bonchev–Trinajstić information content (AvgIpc) is 3.27. The number of sulfone groups is 1. The maximum Gasteiger partial charge on any atom is 0.245 e. The molecule has 0 saturated heterocycles. The SMILES string of the molecule is Cc1cc(NC(=O)Cn2cc(S(=O)(=O)Cc3ccc(F)cc3)c3ccccc32)no1. The van der Waals surface area contributed by atoms with Crippen molar-refractivity contribution in [2.75, 3.05) is 5.32 Å². The second-order valence-corrected chi connectivity index (χ2v) is 8.85. The molecule has 0 saturated carbocycles. The largest absolute Gasteiger partial charge is 0.360 e. The maximum atomic E-state index is 13.1. The van der Waals surface area contributed by atoms with Crippen molar-refractivity contribution in [1.82, 2.24) is 9.72 Å². The molecule has 0 aliphatic rings. The monoisotopic (exact) mass is 427 g/mol. The van der Waals surface area contributed by atoms with E-state index in [0.29, 0.717) is 22.2 Å². The number of amides is 1. The lowest BCUT2D eigenvalue weighted by Crippen LogP contribution is -2.18. The lowest BCUT2D eigenvalue weighted by Gasteiger charge is -2.05. The van der Waals surface area contributed by atoms with Crippen LogP contribution < -0.4 is 5.32 Å². The van der Waals surface area contributed by atoms with Crippen molar-refractivity contribution in [3.63, 3.8) is 0 Å². The summed E-state index contributed by atoms with van der Waals surface area (Å²) in [5.74, 6) is -0.220. The highest BCUT2D eigenvalue weighted by Crippen LogP contribution is 2.28. The number of carbonyl (C=O) groups excluding carboxylic acids is 1. The summed E-state index contributed by atoms with van der Waals surface area (Å²) in [7, 11) is -3.73. The third kappa shape index (κ3) is 4.11. The summed E-state index contributed by atoms with van der Waals surface area (Å²) in [6.07, 6.45) is 1.46. The number of benzene rings is 2. The molecule has 0 radical (unpaired) electrons. The molecule has 4 rings (SSSR count). The number of hydrogen-bond acceptors (Lipinski definition) is 5. The molecule has 0 atom stereocenters. The standard InChI is InChI=1S/C21H18FN3O4S/c1-14-10-20(24-29-14)23-21(26)12-25-11-19(17-4-2-3-5-18(17)25)30(27,28)13-15-6-8-16(22)9-7-15/h2-11H,12-13H2,1H3,(H,23,24,26). The Morgan fingerprint density at radius 3 is 2.60 bits per heavy atom. The van der Waals surface area contributed by atoms with Gasteiger partial charge in [0.2, 0.25) is 5.91 Å². The minimum Gasteiger partial charge on any atom is -0.360 e. The van der Waals surface area contributed by atoms with E-state index in [1.54, 1.807) is 41.8 Å². The predicted molar refractivity (Wildman–Crippen MR) is 109 cm³/mol. The van der Waals surface area contributed by atoms with E-state index in [1.807, 2.05) is 0 Å². The van der Waals surface area contributed by atoms with E-state index < -0.39 is 15.7 Å². The molecule has 9 heteroatoms. The van der Waals surface area contributed by atoms with Gasteiger partial charge >= 0.3 is 0 Å². The number of aromatic nitrogens is 2. The first-order valence-corrected chi connectivity index (χ1v) is 10.8. The van der Waals surface area contributed by atoms with E-state index in [9.17, 15) is 17.6 Å².